The lowest BCUT2D eigenvalue weighted by Gasteiger charge is -2.06. The molecule has 0 unspecified atom stereocenters. The van der Waals surface area contributed by atoms with Gasteiger partial charge in [0.05, 0.1) is 6.42 Å². The molecular formula is C15H13N5O. The van der Waals surface area contributed by atoms with Crippen LogP contribution >= 0.6 is 0 Å². The van der Waals surface area contributed by atoms with Gasteiger partial charge in [0.1, 0.15) is 24.3 Å². The van der Waals surface area contributed by atoms with Crippen LogP contribution < -0.4 is 5.32 Å². The molecule has 2 heterocycles. The molecule has 0 aliphatic heterocycles. The molecule has 0 fully saturated rings. The van der Waals surface area contributed by atoms with Gasteiger partial charge >= 0.3 is 0 Å². The molecule has 1 N–H and O–H groups in total. The van der Waals surface area contributed by atoms with Crippen LogP contribution in [0.15, 0.2) is 61.4 Å². The summed E-state index contributed by atoms with van der Waals surface area (Å²) in [7, 11) is 0. The summed E-state index contributed by atoms with van der Waals surface area (Å²) >= 11 is 0. The molecule has 0 spiro atoms. The molecule has 3 rings (SSSR count). The maximum absolute atomic E-state index is 12.0. The van der Waals surface area contributed by atoms with Gasteiger partial charge < -0.3 is 5.32 Å². The fraction of sp³-hybridized carbons (Fsp3) is 0.0667. The second kappa shape index (κ2) is 5.96. The van der Waals surface area contributed by atoms with Gasteiger partial charge in [0.2, 0.25) is 5.91 Å². The molecule has 0 saturated heterocycles. The molecule has 1 aromatic carbocycles. The fourth-order valence-electron chi connectivity index (χ4n) is 1.92. The van der Waals surface area contributed by atoms with Crippen molar-refractivity contribution >= 4 is 11.7 Å². The summed E-state index contributed by atoms with van der Waals surface area (Å²) in [5.41, 5.74) is 0.957. The second-order valence-electron chi connectivity index (χ2n) is 4.44. The van der Waals surface area contributed by atoms with E-state index in [1.807, 2.05) is 30.3 Å². The third kappa shape index (κ3) is 3.30. The zero-order valence-corrected chi connectivity index (χ0v) is 11.2. The van der Waals surface area contributed by atoms with Crippen LogP contribution in [0.2, 0.25) is 0 Å². The number of anilines is 1. The number of benzene rings is 1. The van der Waals surface area contributed by atoms with Gasteiger partial charge in [-0.2, -0.15) is 0 Å². The zero-order chi connectivity index (χ0) is 14.5. The molecule has 0 bridgehead atoms. The molecule has 0 atom stereocenters. The predicted molar refractivity (Wildman–Crippen MR) is 77.9 cm³/mol. The normalized spacial score (nSPS) is 10.3. The molecule has 3 aromatic rings. The number of nitrogens with one attached hydrogen (secondary N) is 1. The standard InChI is InChI=1S/C15H13N5O/c21-15(8-12-4-2-1-3-5-12)19-13-9-14(18-10-17-13)20-7-6-16-11-20/h1-7,9-11H,8H2,(H,17,18,19,21). The summed E-state index contributed by atoms with van der Waals surface area (Å²) in [5.74, 6) is 1.00. The van der Waals surface area contributed by atoms with Crippen molar-refractivity contribution in [3.63, 3.8) is 0 Å². The van der Waals surface area contributed by atoms with Crippen LogP contribution in [0.1, 0.15) is 5.56 Å². The lowest BCUT2D eigenvalue weighted by Crippen LogP contribution is -2.15. The lowest BCUT2D eigenvalue weighted by molar-refractivity contribution is -0.115. The first-order valence-electron chi connectivity index (χ1n) is 6.45. The number of imidazole rings is 1. The minimum Gasteiger partial charge on any atom is -0.310 e. The number of amides is 1. The van der Waals surface area contributed by atoms with E-state index in [0.717, 1.165) is 5.56 Å². The Labute approximate surface area is 121 Å². The Morgan fingerprint density at radius 3 is 2.81 bits per heavy atom. The van der Waals surface area contributed by atoms with E-state index in [-0.39, 0.29) is 5.91 Å². The molecular weight excluding hydrogens is 266 g/mol. The maximum Gasteiger partial charge on any atom is 0.229 e. The van der Waals surface area contributed by atoms with E-state index >= 15 is 0 Å². The van der Waals surface area contributed by atoms with Crippen molar-refractivity contribution in [2.24, 2.45) is 0 Å². The highest BCUT2D eigenvalue weighted by Gasteiger charge is 2.06. The van der Waals surface area contributed by atoms with Crippen molar-refractivity contribution in [2.75, 3.05) is 5.32 Å². The Morgan fingerprint density at radius 2 is 2.05 bits per heavy atom. The highest BCUT2D eigenvalue weighted by atomic mass is 16.1. The molecule has 2 aromatic heterocycles. The third-order valence-corrected chi connectivity index (χ3v) is 2.90. The van der Waals surface area contributed by atoms with E-state index in [2.05, 4.69) is 20.3 Å². The number of hydrogen-bond donors (Lipinski definition) is 1. The van der Waals surface area contributed by atoms with Crippen molar-refractivity contribution in [3.05, 3.63) is 67.0 Å². The Balaban J connectivity index is 1.70. The monoisotopic (exact) mass is 279 g/mol. The van der Waals surface area contributed by atoms with Crippen molar-refractivity contribution < 1.29 is 4.79 Å². The number of rotatable bonds is 4. The summed E-state index contributed by atoms with van der Waals surface area (Å²) in [4.78, 5) is 24.1. The molecule has 21 heavy (non-hydrogen) atoms. The average Bonchev–Trinajstić information content (AvgIpc) is 3.02. The summed E-state index contributed by atoms with van der Waals surface area (Å²) in [6.45, 7) is 0. The molecule has 6 heteroatoms. The van der Waals surface area contributed by atoms with Crippen molar-refractivity contribution in [1.29, 1.82) is 0 Å². The predicted octanol–water partition coefficient (Wildman–Crippen LogP) is 1.84. The molecule has 6 nitrogen and oxygen atoms in total. The molecule has 0 aliphatic carbocycles. The van der Waals surface area contributed by atoms with Gasteiger partial charge in [0, 0.05) is 18.5 Å². The summed E-state index contributed by atoms with van der Waals surface area (Å²) < 4.78 is 1.74. The Morgan fingerprint density at radius 1 is 1.19 bits per heavy atom. The van der Waals surface area contributed by atoms with Crippen LogP contribution in [-0.2, 0) is 11.2 Å². The van der Waals surface area contributed by atoms with Crippen molar-refractivity contribution in [1.82, 2.24) is 19.5 Å². The topological polar surface area (TPSA) is 72.7 Å². The highest BCUT2D eigenvalue weighted by molar-refractivity contribution is 5.91. The van der Waals surface area contributed by atoms with Gasteiger partial charge in [0.25, 0.3) is 0 Å². The van der Waals surface area contributed by atoms with Gasteiger partial charge in [0.15, 0.2) is 0 Å². The third-order valence-electron chi connectivity index (χ3n) is 2.90. The van der Waals surface area contributed by atoms with Gasteiger partial charge in [-0.15, -0.1) is 0 Å². The van der Waals surface area contributed by atoms with Crippen LogP contribution in [0.3, 0.4) is 0 Å². The van der Waals surface area contributed by atoms with Crippen LogP contribution in [0.5, 0.6) is 0 Å². The highest BCUT2D eigenvalue weighted by Crippen LogP contribution is 2.09. The van der Waals surface area contributed by atoms with Gasteiger partial charge in [-0.3, -0.25) is 9.36 Å². The SMILES string of the molecule is O=C(Cc1ccccc1)Nc1cc(-n2ccnc2)ncn1. The number of carbonyl (C=O) groups excluding carboxylic acids is 1. The minimum absolute atomic E-state index is 0.114. The fourth-order valence-corrected chi connectivity index (χ4v) is 1.92. The largest absolute Gasteiger partial charge is 0.310 e. The number of carbonyl (C=O) groups is 1. The van der Waals surface area contributed by atoms with E-state index in [4.69, 9.17) is 0 Å². The van der Waals surface area contributed by atoms with Gasteiger partial charge in [-0.25, -0.2) is 15.0 Å². The summed E-state index contributed by atoms with van der Waals surface area (Å²) in [6, 6.07) is 11.3. The second-order valence-corrected chi connectivity index (χ2v) is 4.44. The first-order chi connectivity index (χ1) is 10.3. The van der Waals surface area contributed by atoms with E-state index in [1.165, 1.54) is 6.33 Å². The number of hydrogen-bond acceptors (Lipinski definition) is 4. The minimum atomic E-state index is -0.114. The van der Waals surface area contributed by atoms with Crippen LogP contribution in [0.25, 0.3) is 5.82 Å². The van der Waals surface area contributed by atoms with E-state index in [9.17, 15) is 4.79 Å². The van der Waals surface area contributed by atoms with E-state index < -0.39 is 0 Å². The van der Waals surface area contributed by atoms with Gasteiger partial charge in [-0.05, 0) is 5.56 Å². The molecule has 0 aliphatic rings. The van der Waals surface area contributed by atoms with E-state index in [0.29, 0.717) is 18.1 Å². The Hall–Kier alpha value is -3.02. The smallest absolute Gasteiger partial charge is 0.229 e. The van der Waals surface area contributed by atoms with Crippen molar-refractivity contribution in [2.45, 2.75) is 6.42 Å². The first-order valence-corrected chi connectivity index (χ1v) is 6.45. The summed E-state index contributed by atoms with van der Waals surface area (Å²) in [6.07, 6.45) is 6.80. The summed E-state index contributed by atoms with van der Waals surface area (Å²) in [5, 5.41) is 2.77. The Kier molecular flexibility index (Phi) is 3.68. The molecule has 104 valence electrons. The Bertz CT molecular complexity index is 725. The van der Waals surface area contributed by atoms with Gasteiger partial charge in [-0.1, -0.05) is 30.3 Å². The number of aromatic nitrogens is 4. The van der Waals surface area contributed by atoms with Crippen LogP contribution in [-0.4, -0.2) is 25.4 Å². The number of nitrogens with zero attached hydrogens (tertiary/aromatic N) is 4. The molecule has 1 amide bonds. The quantitative estimate of drug-likeness (QED) is 0.791. The van der Waals surface area contributed by atoms with Crippen molar-refractivity contribution in [3.8, 4) is 5.82 Å². The first kappa shape index (κ1) is 13.0. The lowest BCUT2D eigenvalue weighted by atomic mass is 10.1. The van der Waals surface area contributed by atoms with Crippen LogP contribution in [0, 0.1) is 0 Å². The van der Waals surface area contributed by atoms with E-state index in [1.54, 1.807) is 29.4 Å². The zero-order valence-electron chi connectivity index (χ0n) is 11.2. The average molecular weight is 279 g/mol. The maximum atomic E-state index is 12.0. The molecule has 0 saturated carbocycles. The molecule has 0 radical (unpaired) electrons. The van der Waals surface area contributed by atoms with Crippen LogP contribution in [0.4, 0.5) is 5.82 Å².